The van der Waals surface area contributed by atoms with Crippen molar-refractivity contribution in [3.05, 3.63) is 57.8 Å². The summed E-state index contributed by atoms with van der Waals surface area (Å²) in [5.74, 6) is -0.216. The monoisotopic (exact) mass is 356 g/mol. The quantitative estimate of drug-likeness (QED) is 0.896. The third-order valence-electron chi connectivity index (χ3n) is 4.74. The maximum atomic E-state index is 12.9. The van der Waals surface area contributed by atoms with Crippen molar-refractivity contribution in [3.8, 4) is 0 Å². The predicted octanol–water partition coefficient (Wildman–Crippen LogP) is 2.74. The number of carbonyl (C=O) groups is 2. The van der Waals surface area contributed by atoms with E-state index in [4.69, 9.17) is 4.74 Å². The number of nitrogens with zero attached hydrogens (tertiary/aromatic N) is 1. The highest BCUT2D eigenvalue weighted by atomic mass is 32.1. The van der Waals surface area contributed by atoms with Crippen molar-refractivity contribution < 1.29 is 14.3 Å². The fraction of sp³-hybridized carbons (Fsp3) is 0.368. The smallest absolute Gasteiger partial charge is 0.255 e. The highest BCUT2D eigenvalue weighted by Crippen LogP contribution is 2.35. The molecule has 1 aromatic carbocycles. The lowest BCUT2D eigenvalue weighted by atomic mass is 10.0. The van der Waals surface area contributed by atoms with Crippen LogP contribution in [-0.4, -0.2) is 36.0 Å². The van der Waals surface area contributed by atoms with Gasteiger partial charge in [-0.25, -0.2) is 0 Å². The minimum atomic E-state index is -0.577. The van der Waals surface area contributed by atoms with E-state index in [0.29, 0.717) is 18.7 Å². The van der Waals surface area contributed by atoms with Crippen LogP contribution >= 0.6 is 11.3 Å². The fourth-order valence-electron chi connectivity index (χ4n) is 3.50. The van der Waals surface area contributed by atoms with Crippen molar-refractivity contribution in [1.29, 1.82) is 0 Å². The van der Waals surface area contributed by atoms with Gasteiger partial charge in [-0.15, -0.1) is 11.3 Å². The van der Waals surface area contributed by atoms with E-state index in [-0.39, 0.29) is 17.9 Å². The molecule has 1 fully saturated rings. The topological polar surface area (TPSA) is 58.6 Å². The Morgan fingerprint density at radius 2 is 2.16 bits per heavy atom. The summed E-state index contributed by atoms with van der Waals surface area (Å²) in [5, 5.41) is 4.96. The Labute approximate surface area is 150 Å². The first-order valence-electron chi connectivity index (χ1n) is 8.55. The number of ether oxygens (including phenoxy) is 1. The molecule has 2 unspecified atom stereocenters. The minimum absolute atomic E-state index is 0.0822. The summed E-state index contributed by atoms with van der Waals surface area (Å²) in [5.41, 5.74) is 1.41. The lowest BCUT2D eigenvalue weighted by molar-refractivity contribution is -0.126. The zero-order valence-corrected chi connectivity index (χ0v) is 14.6. The van der Waals surface area contributed by atoms with E-state index in [9.17, 15) is 9.59 Å². The molecule has 0 aliphatic carbocycles. The van der Waals surface area contributed by atoms with Gasteiger partial charge < -0.3 is 15.0 Å². The van der Waals surface area contributed by atoms with Gasteiger partial charge in [-0.3, -0.25) is 9.59 Å². The Hall–Kier alpha value is -2.18. The molecule has 5 nitrogen and oxygen atoms in total. The van der Waals surface area contributed by atoms with Crippen LogP contribution in [-0.2, 0) is 16.1 Å². The molecule has 0 bridgehead atoms. The lowest BCUT2D eigenvalue weighted by Gasteiger charge is -2.24. The Morgan fingerprint density at radius 3 is 2.92 bits per heavy atom. The molecule has 2 aliphatic heterocycles. The number of hydrogen-bond acceptors (Lipinski definition) is 4. The predicted molar refractivity (Wildman–Crippen MR) is 95.4 cm³/mol. The Bertz CT molecular complexity index is 769. The first kappa shape index (κ1) is 16.3. The van der Waals surface area contributed by atoms with E-state index >= 15 is 0 Å². The highest BCUT2D eigenvalue weighted by molar-refractivity contribution is 7.09. The molecule has 2 aliphatic rings. The third kappa shape index (κ3) is 3.19. The van der Waals surface area contributed by atoms with Gasteiger partial charge in [-0.05, 0) is 35.9 Å². The maximum absolute atomic E-state index is 12.9. The average Bonchev–Trinajstić information content (AvgIpc) is 3.36. The van der Waals surface area contributed by atoms with Crippen LogP contribution in [0, 0.1) is 0 Å². The van der Waals surface area contributed by atoms with Gasteiger partial charge in [0.2, 0.25) is 5.91 Å². The van der Waals surface area contributed by atoms with Gasteiger partial charge in [0.1, 0.15) is 6.04 Å². The molecule has 2 atom stereocenters. The van der Waals surface area contributed by atoms with E-state index in [1.54, 1.807) is 22.3 Å². The van der Waals surface area contributed by atoms with E-state index in [2.05, 4.69) is 5.32 Å². The standard InChI is InChI=1S/C19H20N2O3S/c22-18(20-11-13-5-3-9-24-13)17-15-7-1-2-8-16(15)19(23)21(17)12-14-6-4-10-25-14/h1-2,4,6-8,10,13,17H,3,5,9,11-12H2,(H,20,22). The zero-order valence-electron chi connectivity index (χ0n) is 13.8. The van der Waals surface area contributed by atoms with Crippen LogP contribution in [0.1, 0.15) is 39.7 Å². The highest BCUT2D eigenvalue weighted by Gasteiger charge is 2.41. The minimum Gasteiger partial charge on any atom is -0.376 e. The van der Waals surface area contributed by atoms with Gasteiger partial charge in [0.25, 0.3) is 5.91 Å². The second kappa shape index (κ2) is 6.98. The van der Waals surface area contributed by atoms with Gasteiger partial charge in [0.15, 0.2) is 0 Å². The fourth-order valence-corrected chi connectivity index (χ4v) is 4.21. The van der Waals surface area contributed by atoms with Crippen molar-refractivity contribution in [2.45, 2.75) is 31.5 Å². The van der Waals surface area contributed by atoms with Gasteiger partial charge in [-0.1, -0.05) is 24.3 Å². The molecule has 130 valence electrons. The van der Waals surface area contributed by atoms with Crippen LogP contribution in [0.5, 0.6) is 0 Å². The number of hydrogen-bond donors (Lipinski definition) is 1. The molecule has 0 radical (unpaired) electrons. The SMILES string of the molecule is O=C(NCC1CCCO1)C1c2ccccc2C(=O)N1Cc1cccs1. The normalized spacial score (nSPS) is 22.2. The van der Waals surface area contributed by atoms with Crippen molar-refractivity contribution in [2.75, 3.05) is 13.2 Å². The van der Waals surface area contributed by atoms with Crippen LogP contribution in [0.15, 0.2) is 41.8 Å². The summed E-state index contributed by atoms with van der Waals surface area (Å²) < 4.78 is 5.58. The number of benzene rings is 1. The second-order valence-electron chi connectivity index (χ2n) is 6.38. The molecule has 3 heterocycles. The third-order valence-corrected chi connectivity index (χ3v) is 5.60. The van der Waals surface area contributed by atoms with Crippen molar-refractivity contribution in [2.24, 2.45) is 0 Å². The molecule has 2 aromatic rings. The zero-order chi connectivity index (χ0) is 17.2. The number of amides is 2. The maximum Gasteiger partial charge on any atom is 0.255 e. The summed E-state index contributed by atoms with van der Waals surface area (Å²) >= 11 is 1.59. The van der Waals surface area contributed by atoms with E-state index in [1.165, 1.54) is 0 Å². The van der Waals surface area contributed by atoms with Gasteiger partial charge in [0, 0.05) is 23.6 Å². The molecule has 0 saturated carbocycles. The van der Waals surface area contributed by atoms with E-state index in [0.717, 1.165) is 29.9 Å². The molecule has 1 N–H and O–H groups in total. The summed E-state index contributed by atoms with van der Waals surface area (Å²) in [6.45, 7) is 1.71. The first-order valence-corrected chi connectivity index (χ1v) is 9.43. The van der Waals surface area contributed by atoms with E-state index < -0.39 is 6.04 Å². The van der Waals surface area contributed by atoms with Crippen LogP contribution in [0.25, 0.3) is 0 Å². The lowest BCUT2D eigenvalue weighted by Crippen LogP contribution is -2.41. The number of nitrogens with one attached hydrogen (secondary N) is 1. The summed E-state index contributed by atoms with van der Waals surface area (Å²) in [4.78, 5) is 28.5. The molecule has 6 heteroatoms. The molecule has 1 aromatic heterocycles. The molecular formula is C19H20N2O3S. The Balaban J connectivity index is 1.56. The van der Waals surface area contributed by atoms with Gasteiger partial charge in [0.05, 0.1) is 12.6 Å². The molecule has 4 rings (SSSR count). The van der Waals surface area contributed by atoms with Crippen LogP contribution < -0.4 is 5.32 Å². The number of carbonyl (C=O) groups excluding carboxylic acids is 2. The van der Waals surface area contributed by atoms with Gasteiger partial charge in [-0.2, -0.15) is 0 Å². The first-order chi connectivity index (χ1) is 12.2. The second-order valence-corrected chi connectivity index (χ2v) is 7.41. The molecule has 25 heavy (non-hydrogen) atoms. The van der Waals surface area contributed by atoms with Crippen molar-refractivity contribution in [1.82, 2.24) is 10.2 Å². The van der Waals surface area contributed by atoms with Crippen molar-refractivity contribution >= 4 is 23.2 Å². The Kier molecular flexibility index (Phi) is 4.55. The summed E-state index contributed by atoms with van der Waals surface area (Å²) in [6, 6.07) is 10.8. The summed E-state index contributed by atoms with van der Waals surface area (Å²) in [7, 11) is 0. The van der Waals surface area contributed by atoms with Crippen LogP contribution in [0.4, 0.5) is 0 Å². The molecule has 1 saturated heterocycles. The number of rotatable bonds is 5. The number of thiophene rings is 1. The number of fused-ring (bicyclic) bond motifs is 1. The van der Waals surface area contributed by atoms with Crippen molar-refractivity contribution in [3.63, 3.8) is 0 Å². The Morgan fingerprint density at radius 1 is 1.28 bits per heavy atom. The molecule has 0 spiro atoms. The van der Waals surface area contributed by atoms with Crippen LogP contribution in [0.3, 0.4) is 0 Å². The van der Waals surface area contributed by atoms with Crippen LogP contribution in [0.2, 0.25) is 0 Å². The average molecular weight is 356 g/mol. The molecule has 2 amide bonds. The summed E-state index contributed by atoms with van der Waals surface area (Å²) in [6.07, 6.45) is 2.09. The molecular weight excluding hydrogens is 336 g/mol. The largest absolute Gasteiger partial charge is 0.376 e. The van der Waals surface area contributed by atoms with Gasteiger partial charge >= 0.3 is 0 Å². The van der Waals surface area contributed by atoms with E-state index in [1.807, 2.05) is 35.7 Å².